The number of tetrazole rings is 1. The van der Waals surface area contributed by atoms with E-state index in [0.717, 1.165) is 29.9 Å². The van der Waals surface area contributed by atoms with Crippen LogP contribution in [0.25, 0.3) is 5.69 Å². The van der Waals surface area contributed by atoms with Gasteiger partial charge >= 0.3 is 0 Å². The Bertz CT molecular complexity index is 1080. The van der Waals surface area contributed by atoms with Gasteiger partial charge in [0.15, 0.2) is 0 Å². The van der Waals surface area contributed by atoms with E-state index >= 15 is 0 Å². The molecule has 4 rings (SSSR count). The lowest BCUT2D eigenvalue weighted by Gasteiger charge is -2.26. The lowest BCUT2D eigenvalue weighted by Crippen LogP contribution is -2.32. The van der Waals surface area contributed by atoms with E-state index in [9.17, 15) is 9.18 Å². The summed E-state index contributed by atoms with van der Waals surface area (Å²) < 4.78 is 25.9. The number of nitrogens with zero attached hydrogens (tertiary/aromatic N) is 5. The summed E-state index contributed by atoms with van der Waals surface area (Å²) in [5.74, 6) is 1.21. The molecule has 0 bridgehead atoms. The van der Waals surface area contributed by atoms with Gasteiger partial charge in [0.2, 0.25) is 11.1 Å². The van der Waals surface area contributed by atoms with Gasteiger partial charge in [-0.1, -0.05) is 17.8 Å². The Balaban J connectivity index is 1.49. The third-order valence-corrected chi connectivity index (χ3v) is 6.09. The largest absolute Gasteiger partial charge is 0.497 e. The Morgan fingerprint density at radius 2 is 2.10 bits per heavy atom. The standard InChI is InChI=1S/C21H22FN5O3S/c1-29-16-8-9-19(30-2)17(12-16)18-7-4-10-26(18)20(28)13-31-21-23-24-25-27(21)15-6-3-5-14(22)11-15/h3,5-6,8-9,11-12,18H,4,7,10,13H2,1-2H3. The van der Waals surface area contributed by atoms with Gasteiger partial charge in [-0.15, -0.1) is 5.10 Å². The molecule has 3 aromatic rings. The average Bonchev–Trinajstić information content (AvgIpc) is 3.46. The highest BCUT2D eigenvalue weighted by Crippen LogP contribution is 2.39. The summed E-state index contributed by atoms with van der Waals surface area (Å²) in [6.07, 6.45) is 1.75. The predicted molar refractivity (Wildman–Crippen MR) is 113 cm³/mol. The molecule has 8 nitrogen and oxygen atoms in total. The number of aromatic nitrogens is 4. The van der Waals surface area contributed by atoms with Crippen molar-refractivity contribution >= 4 is 17.7 Å². The number of carbonyl (C=O) groups is 1. The van der Waals surface area contributed by atoms with Crippen LogP contribution in [-0.2, 0) is 4.79 Å². The number of benzene rings is 2. The summed E-state index contributed by atoms with van der Waals surface area (Å²) in [7, 11) is 3.23. The first kappa shape index (κ1) is 21.1. The molecule has 31 heavy (non-hydrogen) atoms. The van der Waals surface area contributed by atoms with Gasteiger partial charge in [0.25, 0.3) is 0 Å². The van der Waals surface area contributed by atoms with Crippen LogP contribution in [0.5, 0.6) is 11.5 Å². The molecule has 2 aromatic carbocycles. The van der Waals surface area contributed by atoms with Gasteiger partial charge in [-0.05, 0) is 59.7 Å². The fourth-order valence-corrected chi connectivity index (χ4v) is 4.51. The monoisotopic (exact) mass is 443 g/mol. The molecule has 1 aromatic heterocycles. The lowest BCUT2D eigenvalue weighted by molar-refractivity contribution is -0.129. The Labute approximate surface area is 183 Å². The summed E-state index contributed by atoms with van der Waals surface area (Å²) in [4.78, 5) is 14.9. The van der Waals surface area contributed by atoms with Gasteiger partial charge in [-0.25, -0.2) is 4.39 Å². The number of thioether (sulfide) groups is 1. The van der Waals surface area contributed by atoms with Crippen molar-refractivity contribution in [2.24, 2.45) is 0 Å². The van der Waals surface area contributed by atoms with Crippen LogP contribution in [-0.4, -0.2) is 57.5 Å². The molecule has 1 aliphatic heterocycles. The summed E-state index contributed by atoms with van der Waals surface area (Å²) in [6, 6.07) is 11.5. The first-order chi connectivity index (χ1) is 15.1. The highest BCUT2D eigenvalue weighted by molar-refractivity contribution is 7.99. The van der Waals surface area contributed by atoms with Gasteiger partial charge < -0.3 is 14.4 Å². The van der Waals surface area contributed by atoms with Gasteiger partial charge in [0, 0.05) is 12.1 Å². The molecule has 2 heterocycles. The van der Waals surface area contributed by atoms with Crippen molar-refractivity contribution in [2.75, 3.05) is 26.5 Å². The maximum atomic E-state index is 13.6. The summed E-state index contributed by atoms with van der Waals surface area (Å²) in [5.41, 5.74) is 1.43. The number of ether oxygens (including phenoxy) is 2. The molecule has 0 saturated carbocycles. The molecule has 0 N–H and O–H groups in total. The minimum Gasteiger partial charge on any atom is -0.497 e. The van der Waals surface area contributed by atoms with Gasteiger partial charge in [0.1, 0.15) is 17.3 Å². The van der Waals surface area contributed by atoms with Crippen LogP contribution in [0.2, 0.25) is 0 Å². The topological polar surface area (TPSA) is 82.4 Å². The number of halogens is 1. The average molecular weight is 444 g/mol. The number of methoxy groups -OCH3 is 2. The summed E-state index contributed by atoms with van der Waals surface area (Å²) in [6.45, 7) is 0.666. The minimum atomic E-state index is -0.382. The molecule has 10 heteroatoms. The van der Waals surface area contributed by atoms with Crippen molar-refractivity contribution < 1.29 is 18.7 Å². The number of rotatable bonds is 7. The van der Waals surface area contributed by atoms with E-state index < -0.39 is 0 Å². The van der Waals surface area contributed by atoms with E-state index in [-0.39, 0.29) is 23.5 Å². The Kier molecular flexibility index (Phi) is 6.36. The number of hydrogen-bond donors (Lipinski definition) is 0. The van der Waals surface area contributed by atoms with Gasteiger partial charge in [-0.3, -0.25) is 4.79 Å². The number of likely N-dealkylation sites (tertiary alicyclic amines) is 1. The minimum absolute atomic E-state index is 0.0221. The van der Waals surface area contributed by atoms with Crippen LogP contribution in [0, 0.1) is 5.82 Å². The van der Waals surface area contributed by atoms with Crippen molar-refractivity contribution in [2.45, 2.75) is 24.0 Å². The third kappa shape index (κ3) is 4.48. The first-order valence-corrected chi connectivity index (χ1v) is 10.8. The fourth-order valence-electron chi connectivity index (χ4n) is 3.74. The molecule has 1 fully saturated rings. The maximum Gasteiger partial charge on any atom is 0.233 e. The second-order valence-corrected chi connectivity index (χ2v) is 7.94. The predicted octanol–water partition coefficient (Wildman–Crippen LogP) is 3.27. The van der Waals surface area contributed by atoms with E-state index in [2.05, 4.69) is 15.5 Å². The molecule has 1 saturated heterocycles. The molecule has 1 amide bonds. The van der Waals surface area contributed by atoms with Crippen LogP contribution in [0.3, 0.4) is 0 Å². The van der Waals surface area contributed by atoms with Crippen molar-refractivity contribution in [3.8, 4) is 17.2 Å². The van der Waals surface area contributed by atoms with Crippen LogP contribution in [0.15, 0.2) is 47.6 Å². The fraction of sp³-hybridized carbons (Fsp3) is 0.333. The quantitative estimate of drug-likeness (QED) is 0.518. The van der Waals surface area contributed by atoms with Crippen LogP contribution < -0.4 is 9.47 Å². The van der Waals surface area contributed by atoms with E-state index in [4.69, 9.17) is 9.47 Å². The molecular weight excluding hydrogens is 421 g/mol. The van der Waals surface area contributed by atoms with Crippen molar-refractivity contribution in [3.63, 3.8) is 0 Å². The van der Waals surface area contributed by atoms with Crippen LogP contribution in [0.4, 0.5) is 4.39 Å². The highest BCUT2D eigenvalue weighted by atomic mass is 32.2. The van der Waals surface area contributed by atoms with E-state index in [1.807, 2.05) is 23.1 Å². The van der Waals surface area contributed by atoms with Crippen molar-refractivity contribution in [1.82, 2.24) is 25.1 Å². The van der Waals surface area contributed by atoms with Gasteiger partial charge in [-0.2, -0.15) is 4.68 Å². The molecule has 162 valence electrons. The second kappa shape index (κ2) is 9.34. The second-order valence-electron chi connectivity index (χ2n) is 6.99. The van der Waals surface area contributed by atoms with E-state index in [1.165, 1.54) is 28.6 Å². The smallest absolute Gasteiger partial charge is 0.233 e. The van der Waals surface area contributed by atoms with Crippen molar-refractivity contribution in [1.29, 1.82) is 0 Å². The number of amides is 1. The SMILES string of the molecule is COc1ccc(OC)c(C2CCCN2C(=O)CSc2nnnn2-c2cccc(F)c2)c1. The zero-order chi connectivity index (χ0) is 21.8. The molecule has 1 aliphatic rings. The number of carbonyl (C=O) groups excluding carboxylic acids is 1. The van der Waals surface area contributed by atoms with E-state index in [0.29, 0.717) is 17.4 Å². The zero-order valence-corrected chi connectivity index (χ0v) is 18.0. The Morgan fingerprint density at radius 3 is 2.87 bits per heavy atom. The van der Waals surface area contributed by atoms with Gasteiger partial charge in [0.05, 0.1) is 31.7 Å². The maximum absolute atomic E-state index is 13.6. The molecule has 1 atom stereocenters. The highest BCUT2D eigenvalue weighted by Gasteiger charge is 2.32. The summed E-state index contributed by atoms with van der Waals surface area (Å²) >= 11 is 1.22. The Hall–Kier alpha value is -3.14. The molecule has 1 unspecified atom stereocenters. The zero-order valence-electron chi connectivity index (χ0n) is 17.2. The lowest BCUT2D eigenvalue weighted by atomic mass is 10.0. The third-order valence-electron chi connectivity index (χ3n) is 5.19. The Morgan fingerprint density at radius 1 is 1.23 bits per heavy atom. The van der Waals surface area contributed by atoms with E-state index in [1.54, 1.807) is 26.4 Å². The van der Waals surface area contributed by atoms with Crippen molar-refractivity contribution in [3.05, 3.63) is 53.8 Å². The molecule has 0 radical (unpaired) electrons. The first-order valence-electron chi connectivity index (χ1n) is 9.79. The molecule has 0 aliphatic carbocycles. The molecule has 0 spiro atoms. The van der Waals surface area contributed by atoms with Crippen LogP contribution in [0.1, 0.15) is 24.4 Å². The molecular formula is C21H22FN5O3S. The normalized spacial score (nSPS) is 15.8. The summed E-state index contributed by atoms with van der Waals surface area (Å²) in [5, 5.41) is 12.0. The van der Waals surface area contributed by atoms with Crippen LogP contribution >= 0.6 is 11.8 Å². The number of hydrogen-bond acceptors (Lipinski definition) is 7.